The molecule has 0 fully saturated rings. The molecule has 0 saturated carbocycles. The number of aromatic nitrogens is 2. The number of benzene rings is 2. The first kappa shape index (κ1) is 19.4. The molecular formula is C17H10Br2Cl2N2O3. The van der Waals surface area contributed by atoms with Gasteiger partial charge in [0, 0.05) is 27.7 Å². The van der Waals surface area contributed by atoms with Crippen molar-refractivity contribution in [2.24, 2.45) is 0 Å². The first-order valence-electron chi connectivity index (χ1n) is 7.32. The van der Waals surface area contributed by atoms with Crippen molar-refractivity contribution in [1.29, 1.82) is 0 Å². The van der Waals surface area contributed by atoms with Gasteiger partial charge in [0.2, 0.25) is 11.5 Å². The molecule has 5 nitrogen and oxygen atoms in total. The lowest BCUT2D eigenvalue weighted by Gasteiger charge is -2.17. The van der Waals surface area contributed by atoms with Gasteiger partial charge in [-0.2, -0.15) is 0 Å². The van der Waals surface area contributed by atoms with Crippen molar-refractivity contribution in [1.82, 2.24) is 5.27 Å². The lowest BCUT2D eigenvalue weighted by Crippen LogP contribution is -2.41. The summed E-state index contributed by atoms with van der Waals surface area (Å²) in [4.78, 5) is 11.6. The number of carbonyl (C=O) groups is 1. The number of ketones is 1. The molecule has 0 aliphatic carbocycles. The van der Waals surface area contributed by atoms with Crippen LogP contribution < -0.4 is 9.79 Å². The van der Waals surface area contributed by atoms with Crippen molar-refractivity contribution in [3.8, 4) is 11.6 Å². The maximum atomic E-state index is 13.0. The molecule has 1 aromatic heterocycles. The molecule has 2 unspecified atom stereocenters. The Bertz CT molecular complexity index is 930. The second-order valence-corrected chi connectivity index (χ2v) is 8.05. The van der Waals surface area contributed by atoms with E-state index in [1.54, 1.807) is 42.5 Å². The molecule has 0 bridgehead atoms. The second-order valence-electron chi connectivity index (χ2n) is 5.26. The molecule has 0 saturated heterocycles. The number of hydrogen-bond acceptors (Lipinski definition) is 4. The van der Waals surface area contributed by atoms with Gasteiger partial charge in [0.25, 0.3) is 0 Å². The van der Waals surface area contributed by atoms with Gasteiger partial charge < -0.3 is 9.63 Å². The van der Waals surface area contributed by atoms with Gasteiger partial charge in [0.05, 0.1) is 10.1 Å². The zero-order valence-corrected chi connectivity index (χ0v) is 17.6. The van der Waals surface area contributed by atoms with E-state index in [1.165, 1.54) is 4.68 Å². The monoisotopic (exact) mass is 518 g/mol. The molecule has 3 aromatic rings. The van der Waals surface area contributed by atoms with Gasteiger partial charge in [-0.1, -0.05) is 79.3 Å². The number of hydrogen-bond donors (Lipinski definition) is 0. The molecule has 134 valence electrons. The third-order valence-corrected chi connectivity index (χ3v) is 6.93. The molecule has 26 heavy (non-hydrogen) atoms. The molecule has 0 aliphatic rings. The van der Waals surface area contributed by atoms with Crippen LogP contribution in [0.3, 0.4) is 0 Å². The molecule has 9 heteroatoms. The Labute approximate surface area is 175 Å². The molecule has 1 heterocycles. The summed E-state index contributed by atoms with van der Waals surface area (Å²) in [7, 11) is 0. The van der Waals surface area contributed by atoms with Crippen LogP contribution in [0.15, 0.2) is 53.1 Å². The minimum atomic E-state index is -0.832. The highest BCUT2D eigenvalue weighted by atomic mass is 79.9. The van der Waals surface area contributed by atoms with E-state index in [1.807, 2.05) is 6.07 Å². The lowest BCUT2D eigenvalue weighted by atomic mass is 10.1. The summed E-state index contributed by atoms with van der Waals surface area (Å²) in [5.41, 5.74) is 0.871. The number of Topliss-reactive ketones (excluding diaryl/α,β-unsaturated/α-hetero) is 1. The van der Waals surface area contributed by atoms with Crippen molar-refractivity contribution in [3.63, 3.8) is 0 Å². The van der Waals surface area contributed by atoms with E-state index in [9.17, 15) is 9.90 Å². The molecule has 2 atom stereocenters. The number of nitrogens with zero attached hydrogens (tertiary/aromatic N) is 2. The first-order valence-corrected chi connectivity index (χ1v) is 9.91. The van der Waals surface area contributed by atoms with Crippen LogP contribution in [0.5, 0.6) is 5.95 Å². The van der Waals surface area contributed by atoms with E-state index in [0.29, 0.717) is 21.3 Å². The maximum Gasteiger partial charge on any atom is 0.307 e. The lowest BCUT2D eigenvalue weighted by molar-refractivity contribution is -0.672. The maximum absolute atomic E-state index is 13.0. The Hall–Kier alpha value is -1.41. The fourth-order valence-electron chi connectivity index (χ4n) is 2.38. The van der Waals surface area contributed by atoms with E-state index in [-0.39, 0.29) is 5.69 Å². The van der Waals surface area contributed by atoms with Crippen LogP contribution >= 0.6 is 55.1 Å². The average Bonchev–Trinajstić information content (AvgIpc) is 3.02. The number of halogens is 4. The molecular weight excluding hydrogens is 511 g/mol. The minimum Gasteiger partial charge on any atom is -0.539 e. The van der Waals surface area contributed by atoms with Gasteiger partial charge in [-0.25, -0.2) is 0 Å². The van der Waals surface area contributed by atoms with Crippen molar-refractivity contribution < 1.29 is 19.1 Å². The van der Waals surface area contributed by atoms with Crippen molar-refractivity contribution in [2.45, 2.75) is 9.65 Å². The van der Waals surface area contributed by atoms with E-state index in [0.717, 1.165) is 0 Å². The highest BCUT2D eigenvalue weighted by Gasteiger charge is 2.37. The summed E-state index contributed by atoms with van der Waals surface area (Å²) in [6, 6.07) is 13.8. The summed E-state index contributed by atoms with van der Waals surface area (Å²) in [6.45, 7) is 0. The van der Waals surface area contributed by atoms with Gasteiger partial charge in [0.15, 0.2) is 5.95 Å². The predicted molar refractivity (Wildman–Crippen MR) is 103 cm³/mol. The van der Waals surface area contributed by atoms with Crippen LogP contribution in [0.2, 0.25) is 10.0 Å². The van der Waals surface area contributed by atoms with Gasteiger partial charge in [-0.05, 0) is 16.8 Å². The number of alkyl halides is 2. The number of rotatable bonds is 5. The topological polar surface area (TPSA) is 70.0 Å². The normalized spacial score (nSPS) is 13.4. The fraction of sp³-hybridized carbons (Fsp3) is 0.118. The Morgan fingerprint density at radius 3 is 2.31 bits per heavy atom. The highest BCUT2D eigenvalue weighted by Crippen LogP contribution is 2.41. The van der Waals surface area contributed by atoms with Crippen LogP contribution in [0.25, 0.3) is 5.69 Å². The quantitative estimate of drug-likeness (QED) is 0.284. The van der Waals surface area contributed by atoms with Crippen LogP contribution in [0.1, 0.15) is 20.9 Å². The van der Waals surface area contributed by atoms with E-state index >= 15 is 0 Å². The third kappa shape index (κ3) is 3.67. The second kappa shape index (κ2) is 8.08. The summed E-state index contributed by atoms with van der Waals surface area (Å²) < 4.78 is 5.88. The van der Waals surface area contributed by atoms with Crippen LogP contribution in [0.4, 0.5) is 0 Å². The zero-order chi connectivity index (χ0) is 18.8. The average molecular weight is 521 g/mol. The van der Waals surface area contributed by atoms with Gasteiger partial charge in [-0.15, -0.1) is 0 Å². The Morgan fingerprint density at radius 1 is 1.08 bits per heavy atom. The molecule has 3 rings (SSSR count). The minimum absolute atomic E-state index is 0.203. The van der Waals surface area contributed by atoms with E-state index in [2.05, 4.69) is 37.1 Å². The Kier molecular flexibility index (Phi) is 6.02. The van der Waals surface area contributed by atoms with Crippen molar-refractivity contribution in [2.75, 3.05) is 0 Å². The van der Waals surface area contributed by atoms with Crippen LogP contribution in [-0.2, 0) is 0 Å². The Balaban J connectivity index is 1.99. The molecule has 0 spiro atoms. The highest BCUT2D eigenvalue weighted by molar-refractivity contribution is 9.12. The molecule has 2 aromatic carbocycles. The molecule has 0 aliphatic heterocycles. The zero-order valence-electron chi connectivity index (χ0n) is 12.9. The smallest absolute Gasteiger partial charge is 0.307 e. The third-order valence-electron chi connectivity index (χ3n) is 3.63. The molecule has 0 N–H and O–H groups in total. The SMILES string of the molecule is O=C(c1c([O-])on[n+]1-c1ccccc1)C(Br)C(Br)c1c(Cl)cccc1Cl. The van der Waals surface area contributed by atoms with Crippen LogP contribution in [-0.4, -0.2) is 15.9 Å². The van der Waals surface area contributed by atoms with Crippen molar-refractivity contribution >= 4 is 60.8 Å². The predicted octanol–water partition coefficient (Wildman–Crippen LogP) is 4.41. The fourth-order valence-corrected chi connectivity index (χ4v) is 4.49. The molecule has 0 radical (unpaired) electrons. The van der Waals surface area contributed by atoms with Gasteiger partial charge >= 0.3 is 5.69 Å². The van der Waals surface area contributed by atoms with Crippen molar-refractivity contribution in [3.05, 3.63) is 69.8 Å². The number of carbonyl (C=O) groups excluding carboxylic acids is 1. The molecule has 0 amide bonds. The standard InChI is InChI=1S/C17H10Br2Cl2N2O3/c18-13(12-10(20)7-4-8-11(12)21)14(19)16(24)15-17(25)26-22-23(15)9-5-2-1-3-6-9/h1-8,13-14H. The van der Waals surface area contributed by atoms with E-state index in [4.69, 9.17) is 27.7 Å². The summed E-state index contributed by atoms with van der Waals surface area (Å²) in [5, 5.41) is 16.6. The van der Waals surface area contributed by atoms with Crippen LogP contribution in [0, 0.1) is 0 Å². The largest absolute Gasteiger partial charge is 0.539 e. The first-order chi connectivity index (χ1) is 12.4. The van der Waals surface area contributed by atoms with E-state index < -0.39 is 21.4 Å². The summed E-state index contributed by atoms with van der Waals surface area (Å²) in [6.07, 6.45) is 0. The van der Waals surface area contributed by atoms with Gasteiger partial charge in [0.1, 0.15) is 4.83 Å². The Morgan fingerprint density at radius 2 is 1.69 bits per heavy atom. The van der Waals surface area contributed by atoms with Gasteiger partial charge in [-0.3, -0.25) is 4.79 Å². The summed E-state index contributed by atoms with van der Waals surface area (Å²) in [5.74, 6) is -1.34. The number of para-hydroxylation sites is 1. The summed E-state index contributed by atoms with van der Waals surface area (Å²) >= 11 is 19.2.